The smallest absolute Gasteiger partial charge is 0.236 e. The minimum Gasteiger partial charge on any atom is -0.391 e. The second-order valence-electron chi connectivity index (χ2n) is 9.11. The number of rotatable bonds is 6. The zero-order chi connectivity index (χ0) is 20.6. The number of nitrogens with zero attached hydrogens (tertiary/aromatic N) is 4. The Morgan fingerprint density at radius 3 is 2.52 bits per heavy atom. The van der Waals surface area contributed by atoms with Gasteiger partial charge >= 0.3 is 0 Å². The van der Waals surface area contributed by atoms with E-state index >= 15 is 0 Å². The average molecular weight is 390 g/mol. The van der Waals surface area contributed by atoms with Crippen molar-refractivity contribution in [3.63, 3.8) is 0 Å². The van der Waals surface area contributed by atoms with Crippen molar-refractivity contribution in [3.8, 4) is 0 Å². The number of alkyl halides is 1. The Bertz CT molecular complexity index is 999. The Morgan fingerprint density at radius 2 is 1.79 bits per heavy atom. The molecule has 5 nitrogen and oxygen atoms in total. The fraction of sp³-hybridized carbons (Fsp3) is 0.474. The normalized spacial score (nSPS) is 16.7. The van der Waals surface area contributed by atoms with Crippen LogP contribution < -0.4 is 4.90 Å². The van der Waals surface area contributed by atoms with E-state index in [4.69, 9.17) is 9.72 Å². The first-order chi connectivity index (χ1) is 13.7. The SMILES string of the molecule is BC(B)(F)C(B)(B)OCCC1CCN(c2ccn3c(n2)nc2ccccc23)CC1. The Labute approximate surface area is 175 Å². The number of piperidine rings is 1. The standard InChI is InChI=1S/C19H27B4FN4O/c20-18(21,24)19(22,23)29-12-8-13-5-9-27(10-6-13)16-7-11-28-15-4-2-1-3-14(15)25-17(28)26-16/h1-4,7,11,13H,5-6,8-10,12,20-23H2. The molecular formula is C19H27B4FN4O. The molecule has 1 aliphatic rings. The predicted molar refractivity (Wildman–Crippen MR) is 127 cm³/mol. The maximum atomic E-state index is 14.2. The average Bonchev–Trinajstić information content (AvgIpc) is 3.05. The highest BCUT2D eigenvalue weighted by Gasteiger charge is 2.37. The van der Waals surface area contributed by atoms with Gasteiger partial charge in [0.05, 0.1) is 16.5 Å². The summed E-state index contributed by atoms with van der Waals surface area (Å²) in [6.45, 7) is 2.56. The number of anilines is 1. The minimum atomic E-state index is -1.35. The van der Waals surface area contributed by atoms with E-state index in [1.807, 2.05) is 38.3 Å². The molecule has 0 aliphatic carbocycles. The van der Waals surface area contributed by atoms with E-state index in [-0.39, 0.29) is 0 Å². The number of hydrogen-bond acceptors (Lipinski definition) is 4. The van der Waals surface area contributed by atoms with Gasteiger partial charge < -0.3 is 9.64 Å². The Hall–Kier alpha value is -1.95. The number of hydrogen-bond donors (Lipinski definition) is 0. The lowest BCUT2D eigenvalue weighted by Gasteiger charge is -2.37. The van der Waals surface area contributed by atoms with Gasteiger partial charge in [0, 0.05) is 31.3 Å². The van der Waals surface area contributed by atoms with E-state index in [1.54, 1.807) is 15.7 Å². The summed E-state index contributed by atoms with van der Waals surface area (Å²) in [5.41, 5.74) is 0.702. The number of aromatic nitrogens is 3. The van der Waals surface area contributed by atoms with Crippen LogP contribution in [-0.4, -0.2) is 76.3 Å². The fourth-order valence-corrected chi connectivity index (χ4v) is 3.82. The molecule has 0 amide bonds. The molecule has 3 heterocycles. The van der Waals surface area contributed by atoms with Gasteiger partial charge in [-0.25, -0.2) is 4.98 Å². The molecule has 29 heavy (non-hydrogen) atoms. The van der Waals surface area contributed by atoms with Crippen LogP contribution in [0.25, 0.3) is 16.8 Å². The van der Waals surface area contributed by atoms with Crippen LogP contribution in [-0.2, 0) is 4.74 Å². The van der Waals surface area contributed by atoms with E-state index in [0.29, 0.717) is 12.5 Å². The van der Waals surface area contributed by atoms with Crippen molar-refractivity contribution < 1.29 is 9.13 Å². The number of para-hydroxylation sites is 2. The highest BCUT2D eigenvalue weighted by molar-refractivity contribution is 6.53. The van der Waals surface area contributed by atoms with E-state index in [9.17, 15) is 4.39 Å². The number of imidazole rings is 1. The van der Waals surface area contributed by atoms with Crippen molar-refractivity contribution in [2.75, 3.05) is 24.6 Å². The van der Waals surface area contributed by atoms with Gasteiger partial charge in [-0.05, 0) is 43.4 Å². The molecule has 0 bridgehead atoms. The van der Waals surface area contributed by atoms with Crippen LogP contribution in [0.2, 0.25) is 0 Å². The molecule has 148 valence electrons. The highest BCUT2D eigenvalue weighted by atomic mass is 19.1. The molecule has 1 aliphatic heterocycles. The quantitative estimate of drug-likeness (QED) is 0.524. The summed E-state index contributed by atoms with van der Waals surface area (Å²) >= 11 is 0. The fourth-order valence-electron chi connectivity index (χ4n) is 3.82. The van der Waals surface area contributed by atoms with E-state index in [2.05, 4.69) is 28.2 Å². The van der Waals surface area contributed by atoms with Crippen molar-refractivity contribution in [2.24, 2.45) is 5.92 Å². The monoisotopic (exact) mass is 390 g/mol. The van der Waals surface area contributed by atoms with E-state index in [1.165, 1.54) is 0 Å². The Balaban J connectivity index is 1.34. The molecule has 4 rings (SSSR count). The Kier molecular flexibility index (Phi) is 5.40. The molecule has 0 atom stereocenters. The van der Waals surface area contributed by atoms with Crippen molar-refractivity contribution in [1.29, 1.82) is 0 Å². The van der Waals surface area contributed by atoms with Gasteiger partial charge in [0.25, 0.3) is 0 Å². The largest absolute Gasteiger partial charge is 0.391 e. The lowest BCUT2D eigenvalue weighted by atomic mass is 9.43. The predicted octanol–water partition coefficient (Wildman–Crippen LogP) is -0.685. The van der Waals surface area contributed by atoms with Gasteiger partial charge in [-0.15, -0.1) is 0 Å². The van der Waals surface area contributed by atoms with Crippen LogP contribution >= 0.6 is 0 Å². The molecule has 1 aromatic carbocycles. The second-order valence-corrected chi connectivity index (χ2v) is 9.11. The molecule has 1 saturated heterocycles. The first kappa shape index (κ1) is 20.3. The van der Waals surface area contributed by atoms with Crippen LogP contribution in [0.5, 0.6) is 0 Å². The summed E-state index contributed by atoms with van der Waals surface area (Å²) in [5.74, 6) is 2.35. The van der Waals surface area contributed by atoms with Crippen LogP contribution in [0.4, 0.5) is 10.2 Å². The molecule has 10 heteroatoms. The first-order valence-electron chi connectivity index (χ1n) is 10.6. The van der Waals surface area contributed by atoms with Crippen LogP contribution in [0, 0.1) is 5.92 Å². The zero-order valence-corrected chi connectivity index (χ0v) is 17.9. The van der Waals surface area contributed by atoms with Crippen molar-refractivity contribution in [3.05, 3.63) is 36.5 Å². The summed E-state index contributed by atoms with van der Waals surface area (Å²) in [6, 6.07) is 10.2. The summed E-state index contributed by atoms with van der Waals surface area (Å²) in [5, 5.41) is -0.763. The van der Waals surface area contributed by atoms with Gasteiger partial charge in [0.2, 0.25) is 5.78 Å². The maximum absolute atomic E-state index is 14.2. The number of fused-ring (bicyclic) bond motifs is 3. The molecule has 2 aromatic heterocycles. The third-order valence-electron chi connectivity index (χ3n) is 6.52. The molecular weight excluding hydrogens is 362 g/mol. The lowest BCUT2D eigenvalue weighted by Crippen LogP contribution is -2.55. The minimum absolute atomic E-state index is 0.607. The molecule has 3 aromatic rings. The second kappa shape index (κ2) is 7.71. The number of halogens is 1. The number of ether oxygens (including phenoxy) is 1. The number of benzene rings is 1. The van der Waals surface area contributed by atoms with Crippen LogP contribution in [0.1, 0.15) is 19.3 Å². The molecule has 1 fully saturated rings. The van der Waals surface area contributed by atoms with Gasteiger partial charge in [0.15, 0.2) is 0 Å². The van der Waals surface area contributed by atoms with Crippen LogP contribution in [0.3, 0.4) is 0 Å². The van der Waals surface area contributed by atoms with Gasteiger partial charge in [-0.1, -0.05) is 12.1 Å². The first-order valence-corrected chi connectivity index (χ1v) is 10.6. The third-order valence-corrected chi connectivity index (χ3v) is 6.52. The molecule has 0 N–H and O–H groups in total. The maximum Gasteiger partial charge on any atom is 0.236 e. The topological polar surface area (TPSA) is 42.7 Å². The zero-order valence-electron chi connectivity index (χ0n) is 17.9. The van der Waals surface area contributed by atoms with Crippen molar-refractivity contribution >= 4 is 54.0 Å². The van der Waals surface area contributed by atoms with Crippen molar-refractivity contribution in [2.45, 2.75) is 30.1 Å². The summed E-state index contributed by atoms with van der Waals surface area (Å²) in [4.78, 5) is 11.8. The van der Waals surface area contributed by atoms with E-state index in [0.717, 1.165) is 55.0 Å². The third kappa shape index (κ3) is 4.18. The van der Waals surface area contributed by atoms with Gasteiger partial charge in [-0.3, -0.25) is 8.79 Å². The van der Waals surface area contributed by atoms with Gasteiger partial charge in [0.1, 0.15) is 37.2 Å². The van der Waals surface area contributed by atoms with Gasteiger partial charge in [-0.2, -0.15) is 4.98 Å². The molecule has 0 spiro atoms. The Morgan fingerprint density at radius 1 is 1.07 bits per heavy atom. The summed E-state index contributed by atoms with van der Waals surface area (Å²) in [7, 11) is 6.82. The van der Waals surface area contributed by atoms with Crippen LogP contribution in [0.15, 0.2) is 36.5 Å². The molecule has 0 saturated carbocycles. The summed E-state index contributed by atoms with van der Waals surface area (Å²) < 4.78 is 22.1. The molecule has 0 radical (unpaired) electrons. The van der Waals surface area contributed by atoms with Crippen molar-refractivity contribution in [1.82, 2.24) is 14.4 Å². The lowest BCUT2D eigenvalue weighted by molar-refractivity contribution is 0.0230. The molecule has 0 unspecified atom stereocenters. The highest BCUT2D eigenvalue weighted by Crippen LogP contribution is 2.26. The van der Waals surface area contributed by atoms with E-state index < -0.39 is 10.9 Å². The summed E-state index contributed by atoms with van der Waals surface area (Å²) in [6.07, 6.45) is 5.25.